The number of benzene rings is 2. The highest BCUT2D eigenvalue weighted by Gasteiger charge is 2.18. The Bertz CT molecular complexity index is 1260. The Labute approximate surface area is 182 Å². The Morgan fingerprint density at radius 2 is 1.73 bits per heavy atom. The molecule has 0 atom stereocenters. The van der Waals surface area contributed by atoms with Crippen LogP contribution in [0.3, 0.4) is 0 Å². The number of fused-ring (bicyclic) bond motifs is 1. The Balaban J connectivity index is 1.52. The van der Waals surface area contributed by atoms with Crippen LogP contribution in [-0.4, -0.2) is 16.8 Å². The number of nitrogens with zero attached hydrogens (tertiary/aromatic N) is 1. The molecule has 0 aliphatic heterocycles. The minimum atomic E-state index is -1.00. The first kappa shape index (κ1) is 20.4. The van der Waals surface area contributed by atoms with Crippen LogP contribution in [0.5, 0.6) is 0 Å². The number of hydrogen-bond donors (Lipinski definition) is 2. The summed E-state index contributed by atoms with van der Waals surface area (Å²) in [5.74, 6) is -2.80. The number of nitrogens with one attached hydrogen (secondary N) is 2. The molecule has 0 spiro atoms. The third kappa shape index (κ3) is 4.04. The van der Waals surface area contributed by atoms with Crippen LogP contribution in [0.25, 0.3) is 10.2 Å². The summed E-state index contributed by atoms with van der Waals surface area (Å²) in [4.78, 5) is 29.6. The van der Waals surface area contributed by atoms with Crippen molar-refractivity contribution < 1.29 is 18.4 Å². The van der Waals surface area contributed by atoms with E-state index in [2.05, 4.69) is 15.6 Å². The van der Waals surface area contributed by atoms with Crippen LogP contribution in [-0.2, 0) is 0 Å². The molecule has 152 valence electrons. The van der Waals surface area contributed by atoms with Crippen molar-refractivity contribution in [2.24, 2.45) is 0 Å². The van der Waals surface area contributed by atoms with E-state index in [1.807, 2.05) is 0 Å². The Kier molecular flexibility index (Phi) is 5.50. The number of carbonyl (C=O) groups excluding carboxylic acids is 2. The van der Waals surface area contributed by atoms with E-state index < -0.39 is 17.5 Å². The number of hydrogen-bond acceptors (Lipinski definition) is 5. The molecular weight excluding hydrogens is 452 g/mol. The molecule has 2 aromatic heterocycles. The van der Waals surface area contributed by atoms with Crippen LogP contribution in [0.1, 0.15) is 25.6 Å². The van der Waals surface area contributed by atoms with Gasteiger partial charge in [0.15, 0.2) is 16.8 Å². The van der Waals surface area contributed by atoms with Gasteiger partial charge in [-0.05, 0) is 36.8 Å². The van der Waals surface area contributed by atoms with E-state index in [0.29, 0.717) is 30.7 Å². The second-order valence-corrected chi connectivity index (χ2v) is 8.75. The molecule has 5 nitrogen and oxygen atoms in total. The molecule has 30 heavy (non-hydrogen) atoms. The van der Waals surface area contributed by atoms with Gasteiger partial charge in [0.05, 0.1) is 30.7 Å². The third-order valence-electron chi connectivity index (χ3n) is 4.13. The first-order valence-electron chi connectivity index (χ1n) is 8.55. The maximum absolute atomic E-state index is 13.4. The molecule has 0 bridgehead atoms. The number of aromatic nitrogens is 1. The minimum Gasteiger partial charge on any atom is -0.313 e. The highest BCUT2D eigenvalue weighted by molar-refractivity contribution is 7.22. The summed E-state index contributed by atoms with van der Waals surface area (Å²) in [5, 5.41) is 6.39. The second kappa shape index (κ2) is 8.10. The van der Waals surface area contributed by atoms with Crippen LogP contribution in [0.2, 0.25) is 5.02 Å². The highest BCUT2D eigenvalue weighted by atomic mass is 35.5. The van der Waals surface area contributed by atoms with Crippen LogP contribution in [0.4, 0.5) is 18.9 Å². The van der Waals surface area contributed by atoms with Gasteiger partial charge in [0.2, 0.25) is 0 Å². The van der Waals surface area contributed by atoms with Gasteiger partial charge in [0.1, 0.15) is 0 Å². The van der Waals surface area contributed by atoms with Crippen LogP contribution in [0.15, 0.2) is 42.5 Å². The normalized spacial score (nSPS) is 10.9. The van der Waals surface area contributed by atoms with E-state index >= 15 is 0 Å². The zero-order valence-corrected chi connectivity index (χ0v) is 17.6. The maximum atomic E-state index is 13.4. The summed E-state index contributed by atoms with van der Waals surface area (Å²) in [6.07, 6.45) is 0. The van der Waals surface area contributed by atoms with Gasteiger partial charge in [-0.1, -0.05) is 35.1 Å². The molecule has 0 fully saturated rings. The van der Waals surface area contributed by atoms with E-state index in [1.165, 1.54) is 0 Å². The number of thiophene rings is 1. The first-order valence-corrected chi connectivity index (χ1v) is 10.6. The lowest BCUT2D eigenvalue weighted by Crippen LogP contribution is -2.11. The summed E-state index contributed by atoms with van der Waals surface area (Å²) < 4.78 is 27.1. The van der Waals surface area contributed by atoms with Gasteiger partial charge in [0.25, 0.3) is 11.8 Å². The van der Waals surface area contributed by atoms with Gasteiger partial charge in [0, 0.05) is 6.07 Å². The summed E-state index contributed by atoms with van der Waals surface area (Å²) in [6.45, 7) is 1.74. The molecule has 2 amide bonds. The number of aryl methyl sites for hydroxylation is 1. The van der Waals surface area contributed by atoms with Crippen LogP contribution in [0, 0.1) is 18.6 Å². The van der Waals surface area contributed by atoms with Gasteiger partial charge in [-0.25, -0.2) is 13.8 Å². The van der Waals surface area contributed by atoms with E-state index in [0.717, 1.165) is 34.8 Å². The molecule has 4 rings (SSSR count). The molecule has 0 aliphatic carbocycles. The highest BCUT2D eigenvalue weighted by Crippen LogP contribution is 2.31. The van der Waals surface area contributed by atoms with E-state index in [1.54, 1.807) is 37.3 Å². The zero-order valence-electron chi connectivity index (χ0n) is 15.3. The van der Waals surface area contributed by atoms with Crippen molar-refractivity contribution in [3.63, 3.8) is 0 Å². The quantitative estimate of drug-likeness (QED) is 0.384. The Morgan fingerprint density at radius 1 is 1.00 bits per heavy atom. The molecule has 2 aromatic carbocycles. The summed E-state index contributed by atoms with van der Waals surface area (Å²) >= 11 is 8.17. The third-order valence-corrected chi connectivity index (χ3v) is 6.54. The maximum Gasteiger partial charge on any atom is 0.267 e. The van der Waals surface area contributed by atoms with Gasteiger partial charge in [-0.15, -0.1) is 11.3 Å². The summed E-state index contributed by atoms with van der Waals surface area (Å²) in [7, 11) is 0. The van der Waals surface area contributed by atoms with Crippen LogP contribution < -0.4 is 10.6 Å². The molecule has 0 radical (unpaired) electrons. The molecule has 0 saturated carbocycles. The van der Waals surface area contributed by atoms with Crippen molar-refractivity contribution in [1.29, 1.82) is 0 Å². The Morgan fingerprint density at radius 3 is 2.50 bits per heavy atom. The zero-order chi connectivity index (χ0) is 21.4. The van der Waals surface area contributed by atoms with Gasteiger partial charge >= 0.3 is 0 Å². The lowest BCUT2D eigenvalue weighted by atomic mass is 10.2. The Hall–Kier alpha value is -2.88. The molecule has 10 heteroatoms. The van der Waals surface area contributed by atoms with Crippen molar-refractivity contribution in [3.8, 4) is 0 Å². The molecule has 0 saturated heterocycles. The first-order chi connectivity index (χ1) is 14.3. The predicted molar refractivity (Wildman–Crippen MR) is 116 cm³/mol. The standard InChI is InChI=1S/C20H12ClF2N3O2S2/c1-9-6-16(25-18(27)10-4-2-3-5-11(10)21)30-17(9)19(28)26-20-24-14-7-12(22)13(23)8-15(14)29-20/h2-8H,1H3,(H,25,27)(H,24,26,28). The number of carbonyl (C=O) groups is 2. The smallest absolute Gasteiger partial charge is 0.267 e. The van der Waals surface area contributed by atoms with Crippen molar-refractivity contribution in [3.05, 3.63) is 75.1 Å². The number of halogens is 3. The second-order valence-electron chi connectivity index (χ2n) is 6.26. The molecule has 4 aromatic rings. The lowest BCUT2D eigenvalue weighted by Gasteiger charge is -2.04. The molecule has 2 heterocycles. The molecule has 0 aliphatic rings. The van der Waals surface area contributed by atoms with Crippen molar-refractivity contribution in [1.82, 2.24) is 4.98 Å². The summed E-state index contributed by atoms with van der Waals surface area (Å²) in [6, 6.07) is 10.3. The van der Waals surface area contributed by atoms with Gasteiger partial charge < -0.3 is 5.32 Å². The van der Waals surface area contributed by atoms with E-state index in [9.17, 15) is 18.4 Å². The van der Waals surface area contributed by atoms with Gasteiger partial charge in [-0.3, -0.25) is 14.9 Å². The molecule has 0 unspecified atom stereocenters. The number of thiazole rings is 1. The number of rotatable bonds is 4. The number of amides is 2. The van der Waals surface area contributed by atoms with Crippen molar-refractivity contribution in [2.75, 3.05) is 10.6 Å². The SMILES string of the molecule is Cc1cc(NC(=O)c2ccccc2Cl)sc1C(=O)Nc1nc2cc(F)c(F)cc2s1. The van der Waals surface area contributed by atoms with Crippen molar-refractivity contribution in [2.45, 2.75) is 6.92 Å². The van der Waals surface area contributed by atoms with E-state index in [-0.39, 0.29) is 16.6 Å². The summed E-state index contributed by atoms with van der Waals surface area (Å²) in [5.41, 5.74) is 1.24. The minimum absolute atomic E-state index is 0.217. The molecule has 2 N–H and O–H groups in total. The fraction of sp³-hybridized carbons (Fsp3) is 0.0500. The average Bonchev–Trinajstić information content (AvgIpc) is 3.24. The van der Waals surface area contributed by atoms with E-state index in [4.69, 9.17) is 11.6 Å². The topological polar surface area (TPSA) is 71.1 Å². The average molecular weight is 464 g/mol. The lowest BCUT2D eigenvalue weighted by molar-refractivity contribution is 0.102. The molecular formula is C20H12ClF2N3O2S2. The van der Waals surface area contributed by atoms with Crippen molar-refractivity contribution >= 4 is 66.4 Å². The van der Waals surface area contributed by atoms with Gasteiger partial charge in [-0.2, -0.15) is 0 Å². The number of anilines is 2. The fourth-order valence-corrected chi connectivity index (χ4v) is 4.78. The predicted octanol–water partition coefficient (Wildman–Crippen LogP) is 6.10. The monoisotopic (exact) mass is 463 g/mol. The fourth-order valence-electron chi connectivity index (χ4n) is 2.72. The largest absolute Gasteiger partial charge is 0.313 e. The van der Waals surface area contributed by atoms with Crippen LogP contribution >= 0.6 is 34.3 Å².